The molecule has 1 rings (SSSR count). The first kappa shape index (κ1) is 13.9. The molecule has 0 aliphatic carbocycles. The molecule has 1 aromatic heterocycles. The lowest BCUT2D eigenvalue weighted by Gasteiger charge is -2.09. The number of hydrogen-bond donors (Lipinski definition) is 1. The number of carbonyl (C=O) groups excluding carboxylic acids is 1. The Morgan fingerprint density at radius 2 is 2.29 bits per heavy atom. The van der Waals surface area contributed by atoms with Gasteiger partial charge in [-0.15, -0.1) is 0 Å². The predicted molar refractivity (Wildman–Crippen MR) is 64.1 cm³/mol. The third kappa shape index (κ3) is 3.96. The van der Waals surface area contributed by atoms with Gasteiger partial charge in [-0.2, -0.15) is 16.2 Å². The van der Waals surface area contributed by atoms with E-state index in [2.05, 4.69) is 10.3 Å². The molecule has 0 spiro atoms. The topological polar surface area (TPSA) is 42.0 Å². The highest BCUT2D eigenvalue weighted by Crippen LogP contribution is 2.10. The zero-order valence-corrected chi connectivity index (χ0v) is 10.5. The van der Waals surface area contributed by atoms with Crippen molar-refractivity contribution in [1.82, 2.24) is 10.3 Å². The fourth-order valence-electron chi connectivity index (χ4n) is 1.20. The van der Waals surface area contributed by atoms with Crippen molar-refractivity contribution >= 4 is 17.7 Å². The molecule has 0 aliphatic rings. The number of carbonyl (C=O) groups is 1. The Balaban J connectivity index is 2.56. The number of pyridine rings is 1. The van der Waals surface area contributed by atoms with Crippen LogP contribution in [-0.4, -0.2) is 28.9 Å². The first-order chi connectivity index (χ1) is 8.06. The van der Waals surface area contributed by atoms with Gasteiger partial charge in [-0.05, 0) is 18.7 Å². The minimum atomic E-state index is -1.25. The predicted octanol–water partition coefficient (Wildman–Crippen LogP) is 2.23. The maximum absolute atomic E-state index is 13.2. The van der Waals surface area contributed by atoms with Gasteiger partial charge in [-0.25, -0.2) is 9.37 Å². The third-order valence-corrected chi connectivity index (χ3v) is 3.37. The summed E-state index contributed by atoms with van der Waals surface area (Å²) in [5.74, 6) is -3.07. The number of amides is 1. The number of rotatable bonds is 5. The molecule has 0 fully saturated rings. The average Bonchev–Trinajstić information content (AvgIpc) is 2.32. The van der Waals surface area contributed by atoms with Crippen LogP contribution in [0.2, 0.25) is 0 Å². The van der Waals surface area contributed by atoms with Crippen LogP contribution in [0.4, 0.5) is 8.78 Å². The summed E-state index contributed by atoms with van der Waals surface area (Å²) in [6.45, 7) is 2.47. The van der Waals surface area contributed by atoms with Crippen molar-refractivity contribution in [3.8, 4) is 0 Å². The molecule has 0 bridgehead atoms. The fraction of sp³-hybridized carbons (Fsp3) is 0.455. The SMILES string of the molecule is CSC(C)CCNC(=O)c1ccnc(F)c1F. The van der Waals surface area contributed by atoms with Crippen molar-refractivity contribution in [3.63, 3.8) is 0 Å². The highest BCUT2D eigenvalue weighted by molar-refractivity contribution is 7.99. The van der Waals surface area contributed by atoms with E-state index in [0.29, 0.717) is 11.8 Å². The number of nitrogens with zero attached hydrogens (tertiary/aromatic N) is 1. The van der Waals surface area contributed by atoms with Gasteiger partial charge in [0.1, 0.15) is 0 Å². The Labute approximate surface area is 103 Å². The molecular weight excluding hydrogens is 246 g/mol. The lowest BCUT2D eigenvalue weighted by molar-refractivity contribution is 0.0948. The van der Waals surface area contributed by atoms with Gasteiger partial charge in [-0.3, -0.25) is 4.79 Å². The summed E-state index contributed by atoms with van der Waals surface area (Å²) in [4.78, 5) is 14.7. The molecule has 0 saturated carbocycles. The second kappa shape index (κ2) is 6.54. The van der Waals surface area contributed by atoms with E-state index in [0.717, 1.165) is 18.7 Å². The van der Waals surface area contributed by atoms with E-state index in [9.17, 15) is 13.6 Å². The van der Waals surface area contributed by atoms with Crippen molar-refractivity contribution < 1.29 is 13.6 Å². The van der Waals surface area contributed by atoms with Gasteiger partial charge in [0.2, 0.25) is 5.95 Å². The van der Waals surface area contributed by atoms with Crippen LogP contribution < -0.4 is 5.32 Å². The van der Waals surface area contributed by atoms with Crippen molar-refractivity contribution in [2.24, 2.45) is 0 Å². The number of hydrogen-bond acceptors (Lipinski definition) is 3. The second-order valence-electron chi connectivity index (χ2n) is 3.55. The molecule has 6 heteroatoms. The largest absolute Gasteiger partial charge is 0.352 e. The van der Waals surface area contributed by atoms with Gasteiger partial charge >= 0.3 is 0 Å². The molecule has 1 amide bonds. The van der Waals surface area contributed by atoms with Gasteiger partial charge in [0.25, 0.3) is 5.91 Å². The molecular formula is C11H14F2N2OS. The standard InChI is InChI=1S/C11H14F2N2OS/c1-7(17-2)3-5-15-11(16)8-4-6-14-10(13)9(8)12/h4,6-7H,3,5H2,1-2H3,(H,15,16). The van der Waals surface area contributed by atoms with E-state index in [1.165, 1.54) is 0 Å². The molecule has 17 heavy (non-hydrogen) atoms. The molecule has 1 heterocycles. The van der Waals surface area contributed by atoms with E-state index < -0.39 is 17.7 Å². The maximum atomic E-state index is 13.2. The van der Waals surface area contributed by atoms with Crippen LogP contribution in [0.5, 0.6) is 0 Å². The van der Waals surface area contributed by atoms with E-state index >= 15 is 0 Å². The van der Waals surface area contributed by atoms with Gasteiger partial charge in [0.15, 0.2) is 5.82 Å². The summed E-state index contributed by atoms with van der Waals surface area (Å²) in [5, 5.41) is 2.96. The lowest BCUT2D eigenvalue weighted by Crippen LogP contribution is -2.27. The third-order valence-electron chi connectivity index (χ3n) is 2.33. The van der Waals surface area contributed by atoms with Gasteiger partial charge in [-0.1, -0.05) is 6.92 Å². The quantitative estimate of drug-likeness (QED) is 0.825. The lowest BCUT2D eigenvalue weighted by atomic mass is 10.2. The second-order valence-corrected chi connectivity index (χ2v) is 4.83. The van der Waals surface area contributed by atoms with E-state index in [1.807, 2.05) is 13.2 Å². The smallest absolute Gasteiger partial charge is 0.254 e. The van der Waals surface area contributed by atoms with Crippen LogP contribution in [-0.2, 0) is 0 Å². The van der Waals surface area contributed by atoms with Crippen molar-refractivity contribution in [3.05, 3.63) is 29.6 Å². The van der Waals surface area contributed by atoms with Crippen LogP contribution in [0.1, 0.15) is 23.7 Å². The van der Waals surface area contributed by atoms with Gasteiger partial charge < -0.3 is 5.32 Å². The Bertz CT molecular complexity index is 401. The molecule has 0 radical (unpaired) electrons. The van der Waals surface area contributed by atoms with Crippen LogP contribution in [0.15, 0.2) is 12.3 Å². The van der Waals surface area contributed by atoms with Gasteiger partial charge in [0.05, 0.1) is 5.56 Å². The van der Waals surface area contributed by atoms with Crippen LogP contribution in [0, 0.1) is 11.8 Å². The Morgan fingerprint density at radius 1 is 1.59 bits per heavy atom. The van der Waals surface area contributed by atoms with Crippen LogP contribution >= 0.6 is 11.8 Å². The zero-order chi connectivity index (χ0) is 12.8. The molecule has 0 saturated heterocycles. The first-order valence-electron chi connectivity index (χ1n) is 5.17. The minimum absolute atomic E-state index is 0.311. The molecule has 3 nitrogen and oxygen atoms in total. The molecule has 1 unspecified atom stereocenters. The van der Waals surface area contributed by atoms with Crippen LogP contribution in [0.25, 0.3) is 0 Å². The number of aromatic nitrogens is 1. The highest BCUT2D eigenvalue weighted by Gasteiger charge is 2.15. The Morgan fingerprint density at radius 3 is 2.94 bits per heavy atom. The van der Waals surface area contributed by atoms with Crippen molar-refractivity contribution in [1.29, 1.82) is 0 Å². The normalized spacial score (nSPS) is 12.2. The number of thioether (sulfide) groups is 1. The number of nitrogens with one attached hydrogen (secondary N) is 1. The summed E-state index contributed by atoms with van der Waals surface area (Å²) in [6.07, 6.45) is 3.82. The Hall–Kier alpha value is -1.17. The zero-order valence-electron chi connectivity index (χ0n) is 9.67. The first-order valence-corrected chi connectivity index (χ1v) is 6.46. The molecule has 0 aliphatic heterocycles. The molecule has 1 aromatic rings. The van der Waals surface area contributed by atoms with Crippen molar-refractivity contribution in [2.75, 3.05) is 12.8 Å². The summed E-state index contributed by atoms with van der Waals surface area (Å²) in [5.41, 5.74) is -0.311. The van der Waals surface area contributed by atoms with E-state index in [-0.39, 0.29) is 5.56 Å². The summed E-state index contributed by atoms with van der Waals surface area (Å²) < 4.78 is 26.0. The number of halogens is 2. The van der Waals surface area contributed by atoms with E-state index in [4.69, 9.17) is 0 Å². The summed E-state index contributed by atoms with van der Waals surface area (Å²) in [6, 6.07) is 1.16. The monoisotopic (exact) mass is 260 g/mol. The molecule has 0 aromatic carbocycles. The van der Waals surface area contributed by atoms with Crippen molar-refractivity contribution in [2.45, 2.75) is 18.6 Å². The van der Waals surface area contributed by atoms with Crippen LogP contribution in [0.3, 0.4) is 0 Å². The van der Waals surface area contributed by atoms with Gasteiger partial charge in [0, 0.05) is 18.0 Å². The maximum Gasteiger partial charge on any atom is 0.254 e. The summed E-state index contributed by atoms with van der Waals surface area (Å²) in [7, 11) is 0. The Kier molecular flexibility index (Phi) is 5.34. The molecule has 1 atom stereocenters. The average molecular weight is 260 g/mol. The summed E-state index contributed by atoms with van der Waals surface area (Å²) >= 11 is 1.68. The fourth-order valence-corrected chi connectivity index (χ4v) is 1.55. The molecule has 94 valence electrons. The minimum Gasteiger partial charge on any atom is -0.352 e. The molecule has 1 N–H and O–H groups in total. The van der Waals surface area contributed by atoms with E-state index in [1.54, 1.807) is 11.8 Å². The highest BCUT2D eigenvalue weighted by atomic mass is 32.2.